The number of benzene rings is 2. The molecule has 0 radical (unpaired) electrons. The van der Waals surface area contributed by atoms with Gasteiger partial charge in [0.2, 0.25) is 5.91 Å². The highest BCUT2D eigenvalue weighted by Gasteiger charge is 2.40. The first-order valence-corrected chi connectivity index (χ1v) is 9.36. The zero-order valence-corrected chi connectivity index (χ0v) is 15.0. The molecule has 2 aromatic rings. The molecule has 2 aliphatic heterocycles. The molecule has 0 aromatic heterocycles. The van der Waals surface area contributed by atoms with E-state index in [1.54, 1.807) is 6.07 Å². The van der Waals surface area contributed by atoms with E-state index in [4.69, 9.17) is 0 Å². The van der Waals surface area contributed by atoms with Crippen LogP contribution >= 0.6 is 0 Å². The highest BCUT2D eigenvalue weighted by molar-refractivity contribution is 6.23. The Morgan fingerprint density at radius 1 is 0.926 bits per heavy atom. The lowest BCUT2D eigenvalue weighted by Crippen LogP contribution is -2.35. The summed E-state index contributed by atoms with van der Waals surface area (Å²) < 4.78 is 14.0. The van der Waals surface area contributed by atoms with Gasteiger partial charge in [-0.25, -0.2) is 9.29 Å². The predicted molar refractivity (Wildman–Crippen MR) is 103 cm³/mol. The number of piperidine rings is 1. The van der Waals surface area contributed by atoms with E-state index < -0.39 is 23.7 Å². The molecule has 140 valence electrons. The summed E-state index contributed by atoms with van der Waals surface area (Å²) >= 11 is 0. The van der Waals surface area contributed by atoms with Gasteiger partial charge < -0.3 is 10.2 Å². The Balaban J connectivity index is 1.46. The summed E-state index contributed by atoms with van der Waals surface area (Å²) in [5, 5.41) is 3.12. The van der Waals surface area contributed by atoms with Gasteiger partial charge in [0, 0.05) is 24.5 Å². The molecule has 2 fully saturated rings. The van der Waals surface area contributed by atoms with Crippen molar-refractivity contribution in [2.75, 3.05) is 28.2 Å². The van der Waals surface area contributed by atoms with E-state index in [1.807, 2.05) is 24.3 Å². The summed E-state index contributed by atoms with van der Waals surface area (Å²) in [7, 11) is 0. The first-order valence-electron chi connectivity index (χ1n) is 9.36. The predicted octanol–water partition coefficient (Wildman–Crippen LogP) is 3.56. The maximum atomic E-state index is 14.0. The van der Waals surface area contributed by atoms with Crippen LogP contribution in [0.1, 0.15) is 25.7 Å². The molecule has 0 spiro atoms. The Kier molecular flexibility index (Phi) is 4.79. The zero-order chi connectivity index (χ0) is 18.8. The molecule has 4 rings (SSSR count). The molecule has 2 saturated heterocycles. The van der Waals surface area contributed by atoms with Crippen LogP contribution in [0.2, 0.25) is 0 Å². The number of imide groups is 1. The molecular weight excluding hydrogens is 345 g/mol. The van der Waals surface area contributed by atoms with Crippen molar-refractivity contribution >= 4 is 28.9 Å². The molecular formula is C21H22FN3O2. The number of para-hydroxylation sites is 1. The van der Waals surface area contributed by atoms with Gasteiger partial charge in [0.15, 0.2) is 0 Å². The lowest BCUT2D eigenvalue weighted by Gasteiger charge is -2.29. The van der Waals surface area contributed by atoms with Gasteiger partial charge in [0.05, 0.1) is 12.1 Å². The summed E-state index contributed by atoms with van der Waals surface area (Å²) in [4.78, 5) is 28.2. The second-order valence-corrected chi connectivity index (χ2v) is 7.01. The number of carbonyl (C=O) groups excluding carboxylic acids is 2. The van der Waals surface area contributed by atoms with E-state index in [1.165, 1.54) is 43.1 Å². The Morgan fingerprint density at radius 3 is 2.33 bits per heavy atom. The number of nitrogens with one attached hydrogen (secondary N) is 1. The molecule has 0 bridgehead atoms. The molecule has 0 saturated carbocycles. The van der Waals surface area contributed by atoms with Gasteiger partial charge in [0.25, 0.3) is 5.91 Å². The number of carbonyl (C=O) groups is 2. The Hall–Kier alpha value is -2.89. The number of hydrogen-bond acceptors (Lipinski definition) is 4. The lowest BCUT2D eigenvalue weighted by atomic mass is 10.1. The third-order valence-electron chi connectivity index (χ3n) is 5.17. The third kappa shape index (κ3) is 3.52. The molecule has 0 aliphatic carbocycles. The van der Waals surface area contributed by atoms with Crippen LogP contribution in [-0.2, 0) is 9.59 Å². The van der Waals surface area contributed by atoms with E-state index in [0.717, 1.165) is 23.7 Å². The van der Waals surface area contributed by atoms with Crippen LogP contribution in [0.15, 0.2) is 48.5 Å². The van der Waals surface area contributed by atoms with Gasteiger partial charge in [-0.2, -0.15) is 0 Å². The van der Waals surface area contributed by atoms with Crippen molar-refractivity contribution in [3.8, 4) is 0 Å². The number of amides is 2. The van der Waals surface area contributed by atoms with Crippen LogP contribution < -0.4 is 15.1 Å². The molecule has 2 heterocycles. The minimum atomic E-state index is -0.682. The fraction of sp³-hybridized carbons (Fsp3) is 0.333. The monoisotopic (exact) mass is 367 g/mol. The van der Waals surface area contributed by atoms with Crippen molar-refractivity contribution in [2.45, 2.75) is 31.7 Å². The van der Waals surface area contributed by atoms with E-state index in [0.29, 0.717) is 0 Å². The van der Waals surface area contributed by atoms with Crippen LogP contribution in [0.5, 0.6) is 0 Å². The van der Waals surface area contributed by atoms with Gasteiger partial charge in [-0.1, -0.05) is 12.1 Å². The first-order chi connectivity index (χ1) is 13.1. The van der Waals surface area contributed by atoms with E-state index in [-0.39, 0.29) is 12.1 Å². The summed E-state index contributed by atoms with van der Waals surface area (Å²) in [6.07, 6.45) is 3.72. The van der Waals surface area contributed by atoms with Crippen molar-refractivity contribution in [2.24, 2.45) is 0 Å². The minimum Gasteiger partial charge on any atom is -0.373 e. The second-order valence-electron chi connectivity index (χ2n) is 7.01. The fourth-order valence-corrected chi connectivity index (χ4v) is 3.75. The Bertz CT molecular complexity index is 847. The highest BCUT2D eigenvalue weighted by Crippen LogP contribution is 2.28. The van der Waals surface area contributed by atoms with Crippen LogP contribution in [-0.4, -0.2) is 30.9 Å². The van der Waals surface area contributed by atoms with Crippen molar-refractivity contribution in [3.05, 3.63) is 54.3 Å². The standard InChI is InChI=1S/C21H22FN3O2/c22-17-6-2-3-7-19(17)25-20(26)14-18(21(25)27)23-15-8-10-16(11-9-15)24-12-4-1-5-13-24/h2-3,6-11,18,23H,1,4-5,12-14H2/t18-/m1/s1. The summed E-state index contributed by atoms with van der Waals surface area (Å²) in [6, 6.07) is 13.1. The van der Waals surface area contributed by atoms with E-state index in [9.17, 15) is 14.0 Å². The zero-order valence-electron chi connectivity index (χ0n) is 15.0. The molecule has 27 heavy (non-hydrogen) atoms. The maximum Gasteiger partial charge on any atom is 0.256 e. The number of halogens is 1. The van der Waals surface area contributed by atoms with Gasteiger partial charge in [0.1, 0.15) is 11.9 Å². The van der Waals surface area contributed by atoms with Crippen LogP contribution in [0.3, 0.4) is 0 Å². The van der Waals surface area contributed by atoms with Crippen LogP contribution in [0.4, 0.5) is 21.5 Å². The molecule has 6 heteroatoms. The normalized spacial score (nSPS) is 20.3. The minimum absolute atomic E-state index is 0.0113. The van der Waals surface area contributed by atoms with E-state index in [2.05, 4.69) is 10.2 Å². The summed E-state index contributed by atoms with van der Waals surface area (Å²) in [5.74, 6) is -1.40. The number of rotatable bonds is 4. The highest BCUT2D eigenvalue weighted by atomic mass is 19.1. The molecule has 2 aliphatic rings. The smallest absolute Gasteiger partial charge is 0.256 e. The van der Waals surface area contributed by atoms with Gasteiger partial charge in [-0.15, -0.1) is 0 Å². The molecule has 1 N–H and O–H groups in total. The number of nitrogens with zero attached hydrogens (tertiary/aromatic N) is 2. The first kappa shape index (κ1) is 17.5. The van der Waals surface area contributed by atoms with Gasteiger partial charge in [-0.3, -0.25) is 9.59 Å². The summed E-state index contributed by atoms with van der Waals surface area (Å²) in [6.45, 7) is 2.14. The Morgan fingerprint density at radius 2 is 1.63 bits per heavy atom. The molecule has 1 atom stereocenters. The molecule has 5 nitrogen and oxygen atoms in total. The maximum absolute atomic E-state index is 14.0. The fourth-order valence-electron chi connectivity index (χ4n) is 3.75. The quantitative estimate of drug-likeness (QED) is 0.840. The summed E-state index contributed by atoms with van der Waals surface area (Å²) in [5.41, 5.74) is 1.96. The van der Waals surface area contributed by atoms with Crippen molar-refractivity contribution in [1.82, 2.24) is 0 Å². The average Bonchev–Trinajstić information content (AvgIpc) is 2.97. The van der Waals surface area contributed by atoms with Crippen molar-refractivity contribution in [3.63, 3.8) is 0 Å². The van der Waals surface area contributed by atoms with Gasteiger partial charge >= 0.3 is 0 Å². The third-order valence-corrected chi connectivity index (χ3v) is 5.17. The van der Waals surface area contributed by atoms with Crippen molar-refractivity contribution in [1.29, 1.82) is 0 Å². The van der Waals surface area contributed by atoms with Crippen molar-refractivity contribution < 1.29 is 14.0 Å². The van der Waals surface area contributed by atoms with E-state index >= 15 is 0 Å². The molecule has 2 amide bonds. The topological polar surface area (TPSA) is 52.7 Å². The number of hydrogen-bond donors (Lipinski definition) is 1. The van der Waals surface area contributed by atoms with Crippen LogP contribution in [0, 0.1) is 5.82 Å². The van der Waals surface area contributed by atoms with Crippen LogP contribution in [0.25, 0.3) is 0 Å². The van der Waals surface area contributed by atoms with Gasteiger partial charge in [-0.05, 0) is 55.7 Å². The molecule has 0 unspecified atom stereocenters. The average molecular weight is 367 g/mol. The molecule has 2 aromatic carbocycles. The second kappa shape index (κ2) is 7.39. The SMILES string of the molecule is O=C1C[C@@H](Nc2ccc(N3CCCCC3)cc2)C(=O)N1c1ccccc1F. The Labute approximate surface area is 157 Å². The largest absolute Gasteiger partial charge is 0.373 e. The number of anilines is 3. The lowest BCUT2D eigenvalue weighted by molar-refractivity contribution is -0.121.